The van der Waals surface area contributed by atoms with Gasteiger partial charge in [0.05, 0.1) is 6.04 Å². The van der Waals surface area contributed by atoms with E-state index >= 15 is 0 Å². The molecule has 0 radical (unpaired) electrons. The summed E-state index contributed by atoms with van der Waals surface area (Å²) in [6.07, 6.45) is 3.89. The van der Waals surface area contributed by atoms with E-state index in [0.717, 1.165) is 11.1 Å². The molecule has 1 aliphatic rings. The van der Waals surface area contributed by atoms with Gasteiger partial charge >= 0.3 is 0 Å². The Kier molecular flexibility index (Phi) is 3.03. The molecule has 0 aliphatic carbocycles. The second kappa shape index (κ2) is 4.34. The quantitative estimate of drug-likeness (QED) is 0.767. The van der Waals surface area contributed by atoms with Gasteiger partial charge in [0.25, 0.3) is 0 Å². The standard InChI is InChI=1S/C14H18N2O/c1-14(2,3)13(17)11-6-4-5-10(9-11)12-7-8-15-16-12/h4-9,12,15-16H,1-3H3. The predicted molar refractivity (Wildman–Crippen MR) is 68.4 cm³/mol. The van der Waals surface area contributed by atoms with Gasteiger partial charge in [0.1, 0.15) is 0 Å². The molecule has 17 heavy (non-hydrogen) atoms. The summed E-state index contributed by atoms with van der Waals surface area (Å²) >= 11 is 0. The topological polar surface area (TPSA) is 41.1 Å². The lowest BCUT2D eigenvalue weighted by Gasteiger charge is -2.18. The highest BCUT2D eigenvalue weighted by Gasteiger charge is 2.23. The molecular weight excluding hydrogens is 212 g/mol. The first-order valence-electron chi connectivity index (χ1n) is 5.81. The molecule has 1 aromatic carbocycles. The Hall–Kier alpha value is -1.61. The van der Waals surface area contributed by atoms with Gasteiger partial charge in [-0.1, -0.05) is 39.0 Å². The lowest BCUT2D eigenvalue weighted by atomic mass is 9.86. The molecule has 0 amide bonds. The number of nitrogens with one attached hydrogen (secondary N) is 2. The number of benzene rings is 1. The van der Waals surface area contributed by atoms with Crippen LogP contribution < -0.4 is 10.9 Å². The van der Waals surface area contributed by atoms with E-state index in [1.165, 1.54) is 0 Å². The lowest BCUT2D eigenvalue weighted by molar-refractivity contribution is 0.0858. The molecule has 2 N–H and O–H groups in total. The van der Waals surface area contributed by atoms with Crippen LogP contribution in [0.3, 0.4) is 0 Å². The predicted octanol–water partition coefficient (Wildman–Crippen LogP) is 2.58. The van der Waals surface area contributed by atoms with E-state index in [2.05, 4.69) is 10.9 Å². The summed E-state index contributed by atoms with van der Waals surface area (Å²) in [5.74, 6) is 0.175. The monoisotopic (exact) mass is 230 g/mol. The summed E-state index contributed by atoms with van der Waals surface area (Å²) in [5.41, 5.74) is 7.58. The molecule has 0 saturated heterocycles. The Morgan fingerprint density at radius 3 is 2.65 bits per heavy atom. The Morgan fingerprint density at radius 2 is 2.06 bits per heavy atom. The molecule has 1 aliphatic heterocycles. The molecule has 1 aromatic rings. The average molecular weight is 230 g/mol. The van der Waals surface area contributed by atoms with E-state index in [1.807, 2.05) is 57.3 Å². The van der Waals surface area contributed by atoms with Crippen LogP contribution in [0.25, 0.3) is 0 Å². The fraction of sp³-hybridized carbons (Fsp3) is 0.357. The molecule has 1 atom stereocenters. The first-order valence-corrected chi connectivity index (χ1v) is 5.81. The van der Waals surface area contributed by atoms with Crippen LogP contribution in [-0.2, 0) is 0 Å². The van der Waals surface area contributed by atoms with Crippen LogP contribution in [0.15, 0.2) is 36.5 Å². The van der Waals surface area contributed by atoms with Gasteiger partial charge in [0, 0.05) is 17.2 Å². The SMILES string of the molecule is CC(C)(C)C(=O)c1cccc(C2C=CNN2)c1. The van der Waals surface area contributed by atoms with E-state index in [-0.39, 0.29) is 17.2 Å². The van der Waals surface area contributed by atoms with Crippen LogP contribution in [-0.4, -0.2) is 5.78 Å². The number of hydrogen-bond acceptors (Lipinski definition) is 3. The maximum absolute atomic E-state index is 12.2. The third-order valence-corrected chi connectivity index (χ3v) is 2.80. The summed E-state index contributed by atoms with van der Waals surface area (Å²) in [6.45, 7) is 5.83. The number of rotatable bonds is 2. The zero-order valence-electron chi connectivity index (χ0n) is 10.4. The van der Waals surface area contributed by atoms with Crippen LogP contribution in [0.1, 0.15) is 42.7 Å². The van der Waals surface area contributed by atoms with Crippen LogP contribution in [0, 0.1) is 5.41 Å². The highest BCUT2D eigenvalue weighted by molar-refractivity contribution is 5.99. The zero-order chi connectivity index (χ0) is 12.5. The van der Waals surface area contributed by atoms with Gasteiger partial charge in [-0.3, -0.25) is 4.79 Å². The van der Waals surface area contributed by atoms with Crippen molar-refractivity contribution in [2.24, 2.45) is 5.41 Å². The largest absolute Gasteiger partial charge is 0.328 e. The molecule has 0 aromatic heterocycles. The van der Waals surface area contributed by atoms with Crippen molar-refractivity contribution in [2.75, 3.05) is 0 Å². The fourth-order valence-corrected chi connectivity index (χ4v) is 1.83. The molecule has 0 bridgehead atoms. The van der Waals surface area contributed by atoms with E-state index in [0.29, 0.717) is 0 Å². The van der Waals surface area contributed by atoms with Crippen molar-refractivity contribution in [1.29, 1.82) is 0 Å². The Bertz CT molecular complexity index is 458. The van der Waals surface area contributed by atoms with Crippen molar-refractivity contribution in [2.45, 2.75) is 26.8 Å². The maximum Gasteiger partial charge on any atom is 0.168 e. The van der Waals surface area contributed by atoms with Crippen molar-refractivity contribution >= 4 is 5.78 Å². The van der Waals surface area contributed by atoms with Crippen molar-refractivity contribution in [1.82, 2.24) is 10.9 Å². The molecule has 2 rings (SSSR count). The lowest BCUT2D eigenvalue weighted by Crippen LogP contribution is -2.25. The van der Waals surface area contributed by atoms with Crippen LogP contribution in [0.4, 0.5) is 0 Å². The minimum absolute atomic E-state index is 0.141. The minimum Gasteiger partial charge on any atom is -0.328 e. The van der Waals surface area contributed by atoms with E-state index in [9.17, 15) is 4.79 Å². The van der Waals surface area contributed by atoms with Crippen molar-refractivity contribution < 1.29 is 4.79 Å². The van der Waals surface area contributed by atoms with Gasteiger partial charge in [-0.15, -0.1) is 0 Å². The number of Topliss-reactive ketones (excluding diaryl/α,β-unsaturated/α-hetero) is 1. The second-order valence-electron chi connectivity index (χ2n) is 5.33. The van der Waals surface area contributed by atoms with E-state index in [4.69, 9.17) is 0 Å². The number of carbonyl (C=O) groups excluding carboxylic acids is 1. The zero-order valence-corrected chi connectivity index (χ0v) is 10.4. The van der Waals surface area contributed by atoms with Gasteiger partial charge in [0.15, 0.2) is 5.78 Å². The molecule has 3 nitrogen and oxygen atoms in total. The molecular formula is C14H18N2O. The van der Waals surface area contributed by atoms with Gasteiger partial charge in [-0.05, 0) is 17.7 Å². The molecule has 0 saturated carbocycles. The van der Waals surface area contributed by atoms with E-state index in [1.54, 1.807) is 0 Å². The highest BCUT2D eigenvalue weighted by atomic mass is 16.1. The molecule has 1 heterocycles. The van der Waals surface area contributed by atoms with Gasteiger partial charge < -0.3 is 5.43 Å². The average Bonchev–Trinajstić information content (AvgIpc) is 2.80. The highest BCUT2D eigenvalue weighted by Crippen LogP contribution is 2.23. The van der Waals surface area contributed by atoms with Crippen molar-refractivity contribution in [3.63, 3.8) is 0 Å². The number of ketones is 1. The summed E-state index contributed by atoms with van der Waals surface area (Å²) in [6, 6.07) is 7.94. The fourth-order valence-electron chi connectivity index (χ4n) is 1.83. The van der Waals surface area contributed by atoms with Gasteiger partial charge in [0.2, 0.25) is 0 Å². The Labute approximate surface area is 102 Å². The molecule has 90 valence electrons. The third kappa shape index (κ3) is 2.56. The minimum atomic E-state index is -0.337. The van der Waals surface area contributed by atoms with Crippen molar-refractivity contribution in [3.8, 4) is 0 Å². The normalized spacial score (nSPS) is 19.1. The summed E-state index contributed by atoms with van der Waals surface area (Å²) in [4.78, 5) is 12.2. The van der Waals surface area contributed by atoms with Crippen LogP contribution >= 0.6 is 0 Å². The van der Waals surface area contributed by atoms with Crippen LogP contribution in [0.5, 0.6) is 0 Å². The first kappa shape index (κ1) is 11.9. The first-order chi connectivity index (χ1) is 7.98. The molecule has 0 spiro atoms. The molecule has 1 unspecified atom stereocenters. The number of hydrogen-bond donors (Lipinski definition) is 2. The Morgan fingerprint density at radius 1 is 1.29 bits per heavy atom. The third-order valence-electron chi connectivity index (χ3n) is 2.80. The van der Waals surface area contributed by atoms with Gasteiger partial charge in [-0.2, -0.15) is 0 Å². The number of hydrazine groups is 1. The molecule has 0 fully saturated rings. The smallest absolute Gasteiger partial charge is 0.168 e. The van der Waals surface area contributed by atoms with Crippen molar-refractivity contribution in [3.05, 3.63) is 47.7 Å². The Balaban J connectivity index is 2.28. The molecule has 3 heteroatoms. The van der Waals surface area contributed by atoms with E-state index < -0.39 is 0 Å². The maximum atomic E-state index is 12.2. The van der Waals surface area contributed by atoms with Crippen LogP contribution in [0.2, 0.25) is 0 Å². The summed E-state index contributed by atoms with van der Waals surface area (Å²) < 4.78 is 0. The summed E-state index contributed by atoms with van der Waals surface area (Å²) in [7, 11) is 0. The second-order valence-corrected chi connectivity index (χ2v) is 5.33. The number of carbonyl (C=O) groups is 1. The summed E-state index contributed by atoms with van der Waals surface area (Å²) in [5, 5.41) is 0. The van der Waals surface area contributed by atoms with Gasteiger partial charge in [-0.25, -0.2) is 5.43 Å².